The zero-order valence-electron chi connectivity index (χ0n) is 13.0. The molecule has 1 fully saturated rings. The van der Waals surface area contributed by atoms with E-state index in [1.165, 1.54) is 77.0 Å². The van der Waals surface area contributed by atoms with Crippen LogP contribution in [0.25, 0.3) is 0 Å². The van der Waals surface area contributed by atoms with E-state index in [-0.39, 0.29) is 7.12 Å². The lowest BCUT2D eigenvalue weighted by atomic mass is 9.82. The maximum absolute atomic E-state index is 5.43. The van der Waals surface area contributed by atoms with Crippen molar-refractivity contribution in [1.82, 2.24) is 0 Å². The van der Waals surface area contributed by atoms with E-state index in [0.717, 1.165) is 19.5 Å². The van der Waals surface area contributed by atoms with Gasteiger partial charge in [0.2, 0.25) is 0 Å². The molecule has 0 aromatic rings. The van der Waals surface area contributed by atoms with Crippen molar-refractivity contribution in [1.29, 1.82) is 0 Å². The first-order valence-electron chi connectivity index (χ1n) is 8.66. The summed E-state index contributed by atoms with van der Waals surface area (Å²) in [5.41, 5.74) is 0. The third-order valence-corrected chi connectivity index (χ3v) is 3.98. The fourth-order valence-electron chi connectivity index (χ4n) is 2.73. The van der Waals surface area contributed by atoms with Crippen LogP contribution in [0.5, 0.6) is 0 Å². The van der Waals surface area contributed by atoms with Crippen LogP contribution in [-0.4, -0.2) is 20.3 Å². The number of unbranched alkanes of at least 4 members (excludes halogenated alkanes) is 11. The maximum atomic E-state index is 5.43. The average molecular weight is 268 g/mol. The Morgan fingerprint density at radius 1 is 0.632 bits per heavy atom. The molecule has 19 heavy (non-hydrogen) atoms. The molecule has 1 aliphatic heterocycles. The summed E-state index contributed by atoms with van der Waals surface area (Å²) in [5, 5.41) is 0. The predicted molar refractivity (Wildman–Crippen MR) is 83.5 cm³/mol. The first kappa shape index (κ1) is 17.0. The molecule has 0 aromatic carbocycles. The monoisotopic (exact) mass is 268 g/mol. The minimum atomic E-state index is 0.114. The molecule has 0 spiro atoms. The van der Waals surface area contributed by atoms with E-state index in [1.807, 2.05) is 0 Å². The highest BCUT2D eigenvalue weighted by Gasteiger charge is 2.22. The van der Waals surface area contributed by atoms with Crippen molar-refractivity contribution >= 4 is 7.12 Å². The standard InChI is InChI=1S/C16H33BO2/c1-2-3-4-5-6-7-8-9-10-11-12-13-14-17-18-15-16-19-17/h2-16H2,1H3. The lowest BCUT2D eigenvalue weighted by Gasteiger charge is -2.04. The van der Waals surface area contributed by atoms with E-state index in [1.54, 1.807) is 0 Å². The first-order chi connectivity index (χ1) is 9.43. The van der Waals surface area contributed by atoms with Gasteiger partial charge in [0.15, 0.2) is 0 Å². The Kier molecular flexibility index (Phi) is 11.6. The van der Waals surface area contributed by atoms with Gasteiger partial charge in [0.05, 0.1) is 13.2 Å². The van der Waals surface area contributed by atoms with Gasteiger partial charge in [0.25, 0.3) is 0 Å². The second-order valence-electron chi connectivity index (χ2n) is 5.85. The van der Waals surface area contributed by atoms with Gasteiger partial charge in [-0.2, -0.15) is 0 Å². The molecule has 2 nitrogen and oxygen atoms in total. The van der Waals surface area contributed by atoms with Crippen LogP contribution < -0.4 is 0 Å². The Balaban J connectivity index is 1.67. The van der Waals surface area contributed by atoms with Crippen LogP contribution in [0.3, 0.4) is 0 Å². The first-order valence-corrected chi connectivity index (χ1v) is 8.66. The van der Waals surface area contributed by atoms with Crippen molar-refractivity contribution in [3.63, 3.8) is 0 Å². The lowest BCUT2D eigenvalue weighted by Crippen LogP contribution is -2.12. The van der Waals surface area contributed by atoms with E-state index in [4.69, 9.17) is 9.31 Å². The van der Waals surface area contributed by atoms with Gasteiger partial charge in [-0.15, -0.1) is 0 Å². The normalized spacial score (nSPS) is 15.3. The van der Waals surface area contributed by atoms with Crippen molar-refractivity contribution in [2.45, 2.75) is 90.3 Å². The summed E-state index contributed by atoms with van der Waals surface area (Å²) < 4.78 is 10.9. The zero-order chi connectivity index (χ0) is 13.6. The summed E-state index contributed by atoms with van der Waals surface area (Å²) in [5.74, 6) is 0. The number of rotatable bonds is 13. The molecule has 0 amide bonds. The molecule has 1 aliphatic rings. The van der Waals surface area contributed by atoms with Crippen LogP contribution in [0.1, 0.15) is 84.0 Å². The molecule has 0 aliphatic carbocycles. The molecule has 0 N–H and O–H groups in total. The van der Waals surface area contributed by atoms with Crippen LogP contribution in [0.2, 0.25) is 6.32 Å². The minimum absolute atomic E-state index is 0.114. The molecule has 0 atom stereocenters. The summed E-state index contributed by atoms with van der Waals surface area (Å²) in [7, 11) is 0.114. The maximum Gasteiger partial charge on any atom is 0.457 e. The Hall–Kier alpha value is -0.0151. The van der Waals surface area contributed by atoms with Gasteiger partial charge in [-0.25, -0.2) is 0 Å². The van der Waals surface area contributed by atoms with E-state index in [9.17, 15) is 0 Å². The van der Waals surface area contributed by atoms with Gasteiger partial charge in [-0.05, 0) is 6.32 Å². The van der Waals surface area contributed by atoms with Crippen LogP contribution in [0, 0.1) is 0 Å². The van der Waals surface area contributed by atoms with Crippen LogP contribution in [0.4, 0.5) is 0 Å². The largest absolute Gasteiger partial charge is 0.457 e. The highest BCUT2D eigenvalue weighted by molar-refractivity contribution is 6.44. The molecule has 112 valence electrons. The molecule has 0 unspecified atom stereocenters. The van der Waals surface area contributed by atoms with Gasteiger partial charge in [-0.1, -0.05) is 84.0 Å². The molecule has 0 radical (unpaired) electrons. The third kappa shape index (κ3) is 10.4. The molecule has 0 saturated carbocycles. The highest BCUT2D eigenvalue weighted by Crippen LogP contribution is 2.14. The SMILES string of the molecule is CCCCCCCCCCCCCCB1OCCO1. The van der Waals surface area contributed by atoms with E-state index < -0.39 is 0 Å². The summed E-state index contributed by atoms with van der Waals surface area (Å²) in [4.78, 5) is 0. The van der Waals surface area contributed by atoms with Crippen molar-refractivity contribution in [3.8, 4) is 0 Å². The van der Waals surface area contributed by atoms with E-state index in [2.05, 4.69) is 6.92 Å². The Morgan fingerprint density at radius 2 is 1.05 bits per heavy atom. The average Bonchev–Trinajstić information content (AvgIpc) is 2.93. The van der Waals surface area contributed by atoms with Gasteiger partial charge in [0, 0.05) is 0 Å². The highest BCUT2D eigenvalue weighted by atomic mass is 16.6. The second-order valence-corrected chi connectivity index (χ2v) is 5.85. The van der Waals surface area contributed by atoms with Gasteiger partial charge < -0.3 is 9.31 Å². The number of hydrogen-bond acceptors (Lipinski definition) is 2. The summed E-state index contributed by atoms with van der Waals surface area (Å²) >= 11 is 0. The molecule has 1 heterocycles. The van der Waals surface area contributed by atoms with Gasteiger partial charge >= 0.3 is 7.12 Å². The predicted octanol–water partition coefficient (Wildman–Crippen LogP) is 5.22. The molecule has 3 heteroatoms. The topological polar surface area (TPSA) is 18.5 Å². The fourth-order valence-corrected chi connectivity index (χ4v) is 2.73. The number of hydrogen-bond donors (Lipinski definition) is 0. The quantitative estimate of drug-likeness (QED) is 0.336. The minimum Gasteiger partial charge on any atom is -0.409 e. The van der Waals surface area contributed by atoms with Crippen molar-refractivity contribution in [2.24, 2.45) is 0 Å². The van der Waals surface area contributed by atoms with Crippen LogP contribution >= 0.6 is 0 Å². The lowest BCUT2D eigenvalue weighted by molar-refractivity contribution is 0.365. The zero-order valence-corrected chi connectivity index (χ0v) is 13.0. The Labute approximate surface area is 120 Å². The van der Waals surface area contributed by atoms with Crippen LogP contribution in [0.15, 0.2) is 0 Å². The summed E-state index contributed by atoms with van der Waals surface area (Å²) in [6.45, 7) is 3.87. The molecular formula is C16H33BO2. The van der Waals surface area contributed by atoms with Gasteiger partial charge in [0.1, 0.15) is 0 Å². The Morgan fingerprint density at radius 3 is 1.53 bits per heavy atom. The smallest absolute Gasteiger partial charge is 0.409 e. The molecule has 0 bridgehead atoms. The molecule has 1 rings (SSSR count). The van der Waals surface area contributed by atoms with Crippen molar-refractivity contribution in [3.05, 3.63) is 0 Å². The van der Waals surface area contributed by atoms with Crippen LogP contribution in [-0.2, 0) is 9.31 Å². The van der Waals surface area contributed by atoms with E-state index in [0.29, 0.717) is 0 Å². The van der Waals surface area contributed by atoms with E-state index >= 15 is 0 Å². The van der Waals surface area contributed by atoms with Crippen molar-refractivity contribution < 1.29 is 9.31 Å². The fraction of sp³-hybridized carbons (Fsp3) is 1.00. The summed E-state index contributed by atoms with van der Waals surface area (Å²) in [6, 6.07) is 0. The third-order valence-electron chi connectivity index (χ3n) is 3.98. The van der Waals surface area contributed by atoms with Gasteiger partial charge in [-0.3, -0.25) is 0 Å². The Bertz CT molecular complexity index is 182. The molecule has 0 aromatic heterocycles. The molecular weight excluding hydrogens is 235 g/mol. The summed E-state index contributed by atoms with van der Waals surface area (Å²) in [6.07, 6.45) is 18.0. The second kappa shape index (κ2) is 13.0. The molecule has 1 saturated heterocycles. The van der Waals surface area contributed by atoms with Crippen molar-refractivity contribution in [2.75, 3.05) is 13.2 Å².